The topological polar surface area (TPSA) is 47.7 Å². The highest BCUT2D eigenvalue weighted by molar-refractivity contribution is 5.28. The van der Waals surface area contributed by atoms with Gasteiger partial charge in [-0.05, 0) is 31.5 Å². The number of benzene rings is 1. The molecular formula is C15H24N2O2. The average molecular weight is 264 g/mol. The zero-order chi connectivity index (χ0) is 13.7. The Kier molecular flexibility index (Phi) is 4.80. The van der Waals surface area contributed by atoms with Gasteiger partial charge in [0, 0.05) is 26.2 Å². The van der Waals surface area contributed by atoms with Crippen LogP contribution in [-0.4, -0.2) is 43.3 Å². The predicted molar refractivity (Wildman–Crippen MR) is 76.3 cm³/mol. The average Bonchev–Trinajstić information content (AvgIpc) is 2.38. The largest absolute Gasteiger partial charge is 0.492 e. The van der Waals surface area contributed by atoms with Gasteiger partial charge in [-0.25, -0.2) is 0 Å². The van der Waals surface area contributed by atoms with E-state index in [1.54, 1.807) is 0 Å². The fraction of sp³-hybridized carbons (Fsp3) is 0.600. The van der Waals surface area contributed by atoms with Crippen molar-refractivity contribution in [3.63, 3.8) is 0 Å². The van der Waals surface area contributed by atoms with Crippen molar-refractivity contribution in [1.82, 2.24) is 4.90 Å². The number of morpholine rings is 1. The van der Waals surface area contributed by atoms with E-state index in [1.807, 2.05) is 24.3 Å². The van der Waals surface area contributed by atoms with Crippen molar-refractivity contribution in [1.29, 1.82) is 0 Å². The Morgan fingerprint density at radius 1 is 1.42 bits per heavy atom. The van der Waals surface area contributed by atoms with Gasteiger partial charge in [-0.3, -0.25) is 4.90 Å². The van der Waals surface area contributed by atoms with Gasteiger partial charge in [-0.1, -0.05) is 12.1 Å². The van der Waals surface area contributed by atoms with Crippen molar-refractivity contribution in [2.75, 3.05) is 32.8 Å². The molecule has 1 heterocycles. The summed E-state index contributed by atoms with van der Waals surface area (Å²) in [7, 11) is 0. The maximum atomic E-state index is 5.78. The quantitative estimate of drug-likeness (QED) is 0.878. The minimum atomic E-state index is -0.0439. The van der Waals surface area contributed by atoms with Crippen molar-refractivity contribution in [3.05, 3.63) is 29.8 Å². The molecule has 1 aromatic rings. The summed E-state index contributed by atoms with van der Waals surface area (Å²) in [4.78, 5) is 2.39. The second kappa shape index (κ2) is 6.37. The molecule has 0 saturated carbocycles. The van der Waals surface area contributed by atoms with E-state index in [0.717, 1.165) is 37.6 Å². The molecular weight excluding hydrogens is 240 g/mol. The minimum absolute atomic E-state index is 0.0439. The monoisotopic (exact) mass is 264 g/mol. The van der Waals surface area contributed by atoms with E-state index in [2.05, 4.69) is 18.7 Å². The fourth-order valence-corrected chi connectivity index (χ4v) is 2.36. The van der Waals surface area contributed by atoms with Crippen molar-refractivity contribution in [2.24, 2.45) is 5.73 Å². The van der Waals surface area contributed by atoms with Crippen LogP contribution in [0.2, 0.25) is 0 Å². The van der Waals surface area contributed by atoms with Crippen molar-refractivity contribution < 1.29 is 9.47 Å². The third-order valence-corrected chi connectivity index (χ3v) is 3.32. The van der Waals surface area contributed by atoms with Crippen molar-refractivity contribution >= 4 is 0 Å². The summed E-state index contributed by atoms with van der Waals surface area (Å²) in [6, 6.07) is 7.97. The van der Waals surface area contributed by atoms with E-state index in [0.29, 0.717) is 13.2 Å². The normalized spacial score (nSPS) is 19.3. The lowest BCUT2D eigenvalue weighted by atomic mass is 10.1. The van der Waals surface area contributed by atoms with E-state index in [1.165, 1.54) is 0 Å². The molecule has 0 bridgehead atoms. The summed E-state index contributed by atoms with van der Waals surface area (Å²) in [6.07, 6.45) is 0. The third-order valence-electron chi connectivity index (χ3n) is 3.32. The summed E-state index contributed by atoms with van der Waals surface area (Å²) in [6.45, 7) is 9.18. The molecule has 1 aromatic carbocycles. The Bertz CT molecular complexity index is 407. The zero-order valence-corrected chi connectivity index (χ0v) is 11.9. The van der Waals surface area contributed by atoms with Gasteiger partial charge in [0.2, 0.25) is 0 Å². The number of hydrogen-bond donors (Lipinski definition) is 1. The van der Waals surface area contributed by atoms with Gasteiger partial charge >= 0.3 is 0 Å². The van der Waals surface area contributed by atoms with Gasteiger partial charge in [-0.2, -0.15) is 0 Å². The molecule has 4 nitrogen and oxygen atoms in total. The van der Waals surface area contributed by atoms with E-state index in [4.69, 9.17) is 15.2 Å². The van der Waals surface area contributed by atoms with Crippen LogP contribution < -0.4 is 10.5 Å². The lowest BCUT2D eigenvalue weighted by molar-refractivity contribution is -0.0875. The molecule has 1 aliphatic heterocycles. The highest BCUT2D eigenvalue weighted by Crippen LogP contribution is 2.16. The highest BCUT2D eigenvalue weighted by atomic mass is 16.5. The number of nitrogens with zero attached hydrogens (tertiary/aromatic N) is 1. The maximum absolute atomic E-state index is 5.78. The predicted octanol–water partition coefficient (Wildman–Crippen LogP) is 1.63. The van der Waals surface area contributed by atoms with Gasteiger partial charge in [0.1, 0.15) is 12.4 Å². The molecule has 0 atom stereocenters. The molecule has 4 heteroatoms. The van der Waals surface area contributed by atoms with Gasteiger partial charge in [0.25, 0.3) is 0 Å². The molecule has 2 N–H and O–H groups in total. The van der Waals surface area contributed by atoms with E-state index in [9.17, 15) is 0 Å². The van der Waals surface area contributed by atoms with Crippen LogP contribution in [0, 0.1) is 0 Å². The molecule has 19 heavy (non-hydrogen) atoms. The zero-order valence-electron chi connectivity index (χ0n) is 11.9. The Hall–Kier alpha value is -1.10. The molecule has 0 amide bonds. The first-order valence-electron chi connectivity index (χ1n) is 6.87. The number of ether oxygens (including phenoxy) is 2. The summed E-state index contributed by atoms with van der Waals surface area (Å²) >= 11 is 0. The molecule has 2 rings (SSSR count). The second-order valence-electron chi connectivity index (χ2n) is 5.58. The first-order chi connectivity index (χ1) is 9.09. The first-order valence-corrected chi connectivity index (χ1v) is 6.87. The number of rotatable bonds is 5. The molecule has 0 aromatic heterocycles. The minimum Gasteiger partial charge on any atom is -0.492 e. The molecule has 106 valence electrons. The molecule has 1 fully saturated rings. The Morgan fingerprint density at radius 2 is 2.26 bits per heavy atom. The Balaban J connectivity index is 1.76. The molecule has 0 radical (unpaired) electrons. The fourth-order valence-electron chi connectivity index (χ4n) is 2.36. The van der Waals surface area contributed by atoms with Crippen LogP contribution in [0.4, 0.5) is 0 Å². The SMILES string of the molecule is CC1(C)CN(CCOc2cccc(CN)c2)CCO1. The maximum Gasteiger partial charge on any atom is 0.119 e. The van der Waals surface area contributed by atoms with Crippen LogP contribution in [0.15, 0.2) is 24.3 Å². The van der Waals surface area contributed by atoms with Gasteiger partial charge in [0.15, 0.2) is 0 Å². The summed E-state index contributed by atoms with van der Waals surface area (Å²) in [5.74, 6) is 0.899. The van der Waals surface area contributed by atoms with Gasteiger partial charge in [0.05, 0.1) is 12.2 Å². The summed E-state index contributed by atoms with van der Waals surface area (Å²) in [5, 5.41) is 0. The van der Waals surface area contributed by atoms with Crippen LogP contribution in [0.25, 0.3) is 0 Å². The van der Waals surface area contributed by atoms with E-state index in [-0.39, 0.29) is 5.60 Å². The van der Waals surface area contributed by atoms with Crippen LogP contribution >= 0.6 is 0 Å². The Morgan fingerprint density at radius 3 is 3.00 bits per heavy atom. The van der Waals surface area contributed by atoms with Crippen LogP contribution in [0.1, 0.15) is 19.4 Å². The van der Waals surface area contributed by atoms with Crippen LogP contribution in [-0.2, 0) is 11.3 Å². The smallest absolute Gasteiger partial charge is 0.119 e. The summed E-state index contributed by atoms with van der Waals surface area (Å²) in [5.41, 5.74) is 6.67. The molecule has 0 aliphatic carbocycles. The molecule has 0 unspecified atom stereocenters. The highest BCUT2D eigenvalue weighted by Gasteiger charge is 2.26. The lowest BCUT2D eigenvalue weighted by Gasteiger charge is -2.38. The van der Waals surface area contributed by atoms with Crippen LogP contribution in [0.5, 0.6) is 5.75 Å². The summed E-state index contributed by atoms with van der Waals surface area (Å²) < 4.78 is 11.5. The Labute approximate surface area is 115 Å². The van der Waals surface area contributed by atoms with Gasteiger partial charge < -0.3 is 15.2 Å². The standard InChI is InChI=1S/C15H24N2O2/c1-15(2)12-17(7-9-19-15)6-8-18-14-5-3-4-13(10-14)11-16/h3-5,10H,6-9,11-12,16H2,1-2H3. The van der Waals surface area contributed by atoms with Gasteiger partial charge in [-0.15, -0.1) is 0 Å². The molecule has 0 spiro atoms. The molecule has 1 aliphatic rings. The number of hydrogen-bond acceptors (Lipinski definition) is 4. The third kappa shape index (κ3) is 4.49. The van der Waals surface area contributed by atoms with Crippen molar-refractivity contribution in [2.45, 2.75) is 26.0 Å². The van der Waals surface area contributed by atoms with E-state index >= 15 is 0 Å². The second-order valence-corrected chi connectivity index (χ2v) is 5.58. The van der Waals surface area contributed by atoms with Crippen LogP contribution in [0.3, 0.4) is 0 Å². The first kappa shape index (κ1) is 14.3. The number of nitrogens with two attached hydrogens (primary N) is 1. The van der Waals surface area contributed by atoms with E-state index < -0.39 is 0 Å². The lowest BCUT2D eigenvalue weighted by Crippen LogP contribution is -2.49. The molecule has 1 saturated heterocycles. The van der Waals surface area contributed by atoms with Crippen molar-refractivity contribution in [3.8, 4) is 5.75 Å².